The third-order valence-electron chi connectivity index (χ3n) is 4.14. The van der Waals surface area contributed by atoms with Crippen LogP contribution in [0.2, 0.25) is 0 Å². The van der Waals surface area contributed by atoms with Crippen molar-refractivity contribution in [3.63, 3.8) is 0 Å². The van der Waals surface area contributed by atoms with Gasteiger partial charge in [-0.2, -0.15) is 0 Å². The summed E-state index contributed by atoms with van der Waals surface area (Å²) in [5.74, 6) is -0.311. The Morgan fingerprint density at radius 1 is 1.16 bits per heavy atom. The fraction of sp³-hybridized carbons (Fsp3) is 0.312. The standard InChI is InChI=1S/C16H18N6O3/c1-9-5-6-17-10(2)12(9)19-11(23)7-22-8-18-14-13(22)15(24)21(4)16(25)20(14)3/h5-6,8H,7H2,1-4H3,(H,19,23). The zero-order valence-corrected chi connectivity index (χ0v) is 14.4. The van der Waals surface area contributed by atoms with Crippen molar-refractivity contribution >= 4 is 22.8 Å². The Labute approximate surface area is 142 Å². The Morgan fingerprint density at radius 2 is 1.88 bits per heavy atom. The number of anilines is 1. The minimum absolute atomic E-state index is 0.0995. The molecule has 25 heavy (non-hydrogen) atoms. The van der Waals surface area contributed by atoms with E-state index in [1.54, 1.807) is 19.2 Å². The van der Waals surface area contributed by atoms with E-state index in [0.717, 1.165) is 10.1 Å². The lowest BCUT2D eigenvalue weighted by Crippen LogP contribution is -2.37. The number of amides is 1. The van der Waals surface area contributed by atoms with Gasteiger partial charge in [0.25, 0.3) is 5.56 Å². The third-order valence-corrected chi connectivity index (χ3v) is 4.14. The molecule has 0 bridgehead atoms. The largest absolute Gasteiger partial charge is 0.332 e. The van der Waals surface area contributed by atoms with Crippen molar-refractivity contribution in [3.8, 4) is 0 Å². The van der Waals surface area contributed by atoms with Crippen LogP contribution in [0.3, 0.4) is 0 Å². The molecule has 0 unspecified atom stereocenters. The summed E-state index contributed by atoms with van der Waals surface area (Å²) in [7, 11) is 2.92. The number of imidazole rings is 1. The highest BCUT2D eigenvalue weighted by atomic mass is 16.2. The minimum Gasteiger partial charge on any atom is -0.323 e. The van der Waals surface area contributed by atoms with Crippen molar-refractivity contribution < 1.29 is 4.79 Å². The molecule has 9 heteroatoms. The Balaban J connectivity index is 1.98. The van der Waals surface area contributed by atoms with Crippen LogP contribution in [0.25, 0.3) is 11.2 Å². The number of fused-ring (bicyclic) bond motifs is 1. The molecule has 130 valence electrons. The highest BCUT2D eigenvalue weighted by Crippen LogP contribution is 2.17. The molecule has 0 saturated carbocycles. The number of carbonyl (C=O) groups excluding carboxylic acids is 1. The van der Waals surface area contributed by atoms with Gasteiger partial charge < -0.3 is 9.88 Å². The maximum Gasteiger partial charge on any atom is 0.332 e. The van der Waals surface area contributed by atoms with E-state index in [4.69, 9.17) is 0 Å². The fourth-order valence-electron chi connectivity index (χ4n) is 2.73. The van der Waals surface area contributed by atoms with Gasteiger partial charge in [-0.3, -0.25) is 23.7 Å². The van der Waals surface area contributed by atoms with Crippen LogP contribution in [-0.4, -0.2) is 29.6 Å². The Kier molecular flexibility index (Phi) is 3.99. The summed E-state index contributed by atoms with van der Waals surface area (Å²) in [6.07, 6.45) is 3.06. The molecule has 3 heterocycles. The number of rotatable bonds is 3. The maximum atomic E-state index is 12.4. The van der Waals surface area contributed by atoms with Crippen molar-refractivity contribution in [3.05, 3.63) is 50.7 Å². The summed E-state index contributed by atoms with van der Waals surface area (Å²) < 4.78 is 3.71. The summed E-state index contributed by atoms with van der Waals surface area (Å²) in [4.78, 5) is 45.0. The molecule has 0 aromatic carbocycles. The van der Waals surface area contributed by atoms with E-state index >= 15 is 0 Å². The zero-order valence-electron chi connectivity index (χ0n) is 14.4. The fourth-order valence-corrected chi connectivity index (χ4v) is 2.73. The van der Waals surface area contributed by atoms with Crippen molar-refractivity contribution in [2.45, 2.75) is 20.4 Å². The first-order valence-corrected chi connectivity index (χ1v) is 7.64. The van der Waals surface area contributed by atoms with Gasteiger partial charge in [0.1, 0.15) is 6.54 Å². The number of hydrogen-bond donors (Lipinski definition) is 1. The van der Waals surface area contributed by atoms with E-state index < -0.39 is 11.2 Å². The van der Waals surface area contributed by atoms with Gasteiger partial charge in [0.2, 0.25) is 5.91 Å². The summed E-state index contributed by atoms with van der Waals surface area (Å²) in [5.41, 5.74) is 1.76. The molecule has 0 atom stereocenters. The van der Waals surface area contributed by atoms with Gasteiger partial charge in [0.05, 0.1) is 17.7 Å². The van der Waals surface area contributed by atoms with Crippen LogP contribution in [0, 0.1) is 13.8 Å². The van der Waals surface area contributed by atoms with Crippen LogP contribution in [0.4, 0.5) is 5.69 Å². The number of hydrogen-bond acceptors (Lipinski definition) is 5. The first-order valence-electron chi connectivity index (χ1n) is 7.64. The number of aryl methyl sites for hydroxylation is 3. The van der Waals surface area contributed by atoms with Crippen molar-refractivity contribution in [2.75, 3.05) is 5.32 Å². The lowest BCUT2D eigenvalue weighted by molar-refractivity contribution is -0.116. The molecule has 0 aliphatic rings. The molecular formula is C16H18N6O3. The van der Waals surface area contributed by atoms with Gasteiger partial charge in [0, 0.05) is 20.3 Å². The molecule has 0 radical (unpaired) electrons. The summed E-state index contributed by atoms with van der Waals surface area (Å²) in [6, 6.07) is 1.81. The summed E-state index contributed by atoms with van der Waals surface area (Å²) in [6.45, 7) is 3.58. The molecule has 0 fully saturated rings. The average molecular weight is 342 g/mol. The lowest BCUT2D eigenvalue weighted by atomic mass is 10.2. The van der Waals surface area contributed by atoms with Gasteiger partial charge in [0.15, 0.2) is 11.2 Å². The first kappa shape index (κ1) is 16.6. The normalized spacial score (nSPS) is 11.0. The van der Waals surface area contributed by atoms with Crippen LogP contribution >= 0.6 is 0 Å². The molecule has 1 amide bonds. The molecule has 3 aromatic rings. The molecule has 0 aliphatic carbocycles. The number of nitrogens with one attached hydrogen (secondary N) is 1. The predicted molar refractivity (Wildman–Crippen MR) is 92.6 cm³/mol. The van der Waals surface area contributed by atoms with Gasteiger partial charge in [-0.1, -0.05) is 0 Å². The second-order valence-corrected chi connectivity index (χ2v) is 5.89. The van der Waals surface area contributed by atoms with Crippen LogP contribution in [0.1, 0.15) is 11.3 Å². The topological polar surface area (TPSA) is 104 Å². The van der Waals surface area contributed by atoms with E-state index in [2.05, 4.69) is 15.3 Å². The van der Waals surface area contributed by atoms with E-state index in [-0.39, 0.29) is 23.6 Å². The summed E-state index contributed by atoms with van der Waals surface area (Å²) in [5, 5.41) is 2.81. The number of aromatic nitrogens is 5. The Bertz CT molecular complexity index is 1090. The minimum atomic E-state index is -0.489. The second kappa shape index (κ2) is 6.00. The molecule has 0 spiro atoms. The second-order valence-electron chi connectivity index (χ2n) is 5.89. The zero-order chi connectivity index (χ0) is 18.3. The maximum absolute atomic E-state index is 12.4. The number of nitrogens with zero attached hydrogens (tertiary/aromatic N) is 5. The monoisotopic (exact) mass is 342 g/mol. The van der Waals surface area contributed by atoms with Gasteiger partial charge in [-0.15, -0.1) is 0 Å². The molecule has 3 aromatic heterocycles. The molecule has 0 saturated heterocycles. The predicted octanol–water partition coefficient (Wildman–Crippen LogP) is 0.0842. The van der Waals surface area contributed by atoms with Crippen molar-refractivity contribution in [1.29, 1.82) is 0 Å². The number of carbonyl (C=O) groups is 1. The Hall–Kier alpha value is -3.23. The van der Waals surface area contributed by atoms with E-state index in [9.17, 15) is 14.4 Å². The molecule has 3 rings (SSSR count). The van der Waals surface area contributed by atoms with E-state index in [1.165, 1.54) is 29.6 Å². The first-order chi connectivity index (χ1) is 11.8. The van der Waals surface area contributed by atoms with Crippen LogP contribution in [0.15, 0.2) is 28.2 Å². The number of pyridine rings is 1. The lowest BCUT2D eigenvalue weighted by Gasteiger charge is -2.11. The molecular weight excluding hydrogens is 324 g/mol. The molecule has 9 nitrogen and oxygen atoms in total. The molecule has 1 N–H and O–H groups in total. The molecule has 0 aliphatic heterocycles. The van der Waals surface area contributed by atoms with Gasteiger partial charge in [-0.05, 0) is 25.5 Å². The average Bonchev–Trinajstić information content (AvgIpc) is 2.98. The quantitative estimate of drug-likeness (QED) is 0.726. The van der Waals surface area contributed by atoms with E-state index in [1.807, 2.05) is 6.92 Å². The SMILES string of the molecule is Cc1ccnc(C)c1NC(=O)Cn1cnc2c1c(=O)n(C)c(=O)n2C. The van der Waals surface area contributed by atoms with Crippen molar-refractivity contribution in [1.82, 2.24) is 23.7 Å². The third kappa shape index (κ3) is 2.73. The smallest absolute Gasteiger partial charge is 0.323 e. The highest BCUT2D eigenvalue weighted by Gasteiger charge is 2.16. The Morgan fingerprint density at radius 3 is 2.56 bits per heavy atom. The highest BCUT2D eigenvalue weighted by molar-refractivity contribution is 5.92. The van der Waals surface area contributed by atoms with Crippen LogP contribution in [-0.2, 0) is 25.4 Å². The van der Waals surface area contributed by atoms with Crippen LogP contribution < -0.4 is 16.6 Å². The van der Waals surface area contributed by atoms with Gasteiger partial charge >= 0.3 is 5.69 Å². The van der Waals surface area contributed by atoms with E-state index in [0.29, 0.717) is 11.4 Å². The summed E-state index contributed by atoms with van der Waals surface area (Å²) >= 11 is 0. The van der Waals surface area contributed by atoms with Gasteiger partial charge in [-0.25, -0.2) is 9.78 Å². The van der Waals surface area contributed by atoms with Crippen LogP contribution in [0.5, 0.6) is 0 Å². The van der Waals surface area contributed by atoms with Crippen molar-refractivity contribution in [2.24, 2.45) is 14.1 Å².